The second-order valence-electron chi connectivity index (χ2n) is 7.18. The Morgan fingerprint density at radius 2 is 1.63 bits per heavy atom. The van der Waals surface area contributed by atoms with E-state index in [0.717, 1.165) is 18.0 Å². The number of hydrogen-bond donors (Lipinski definition) is 0. The Morgan fingerprint density at radius 3 is 2.16 bits per heavy atom. The summed E-state index contributed by atoms with van der Waals surface area (Å²) in [5.74, 6) is 0.775. The van der Waals surface area contributed by atoms with Gasteiger partial charge in [-0.3, -0.25) is 0 Å². The molecule has 3 nitrogen and oxygen atoms in total. The molecule has 2 fully saturated rings. The highest BCUT2D eigenvalue weighted by atomic mass is 15.2. The maximum absolute atomic E-state index is 2.64. The van der Waals surface area contributed by atoms with Crippen molar-refractivity contribution >= 4 is 0 Å². The predicted molar refractivity (Wildman–Crippen MR) is 82.5 cm³/mol. The third kappa shape index (κ3) is 3.50. The van der Waals surface area contributed by atoms with Crippen LogP contribution < -0.4 is 0 Å². The van der Waals surface area contributed by atoms with E-state index in [2.05, 4.69) is 56.6 Å². The van der Waals surface area contributed by atoms with Gasteiger partial charge in [-0.25, -0.2) is 0 Å². The van der Waals surface area contributed by atoms with Gasteiger partial charge < -0.3 is 14.7 Å². The molecule has 0 N–H and O–H groups in total. The zero-order valence-electron chi connectivity index (χ0n) is 13.8. The van der Waals surface area contributed by atoms with Gasteiger partial charge in [0.2, 0.25) is 0 Å². The van der Waals surface area contributed by atoms with Crippen molar-refractivity contribution in [3.63, 3.8) is 0 Å². The van der Waals surface area contributed by atoms with Gasteiger partial charge in [0.25, 0.3) is 0 Å². The van der Waals surface area contributed by atoms with E-state index in [4.69, 9.17) is 0 Å². The summed E-state index contributed by atoms with van der Waals surface area (Å²) in [6.07, 6.45) is 4.14. The molecule has 0 radical (unpaired) electrons. The van der Waals surface area contributed by atoms with Crippen LogP contribution in [0.15, 0.2) is 0 Å². The van der Waals surface area contributed by atoms with Gasteiger partial charge in [0.15, 0.2) is 0 Å². The number of hydrogen-bond acceptors (Lipinski definition) is 3. The number of rotatable bonds is 5. The van der Waals surface area contributed by atoms with E-state index >= 15 is 0 Å². The van der Waals surface area contributed by atoms with E-state index in [1.807, 2.05) is 0 Å². The molecule has 2 rings (SSSR count). The average molecular weight is 267 g/mol. The van der Waals surface area contributed by atoms with Crippen LogP contribution in [-0.4, -0.2) is 73.1 Å². The lowest BCUT2D eigenvalue weighted by molar-refractivity contribution is 0.0205. The minimum Gasteiger partial charge on any atom is -0.306 e. The van der Waals surface area contributed by atoms with E-state index in [0.29, 0.717) is 12.1 Å². The van der Waals surface area contributed by atoms with E-state index in [-0.39, 0.29) is 0 Å². The fourth-order valence-corrected chi connectivity index (χ4v) is 3.62. The van der Waals surface area contributed by atoms with Crippen LogP contribution in [-0.2, 0) is 0 Å². The van der Waals surface area contributed by atoms with Crippen molar-refractivity contribution in [3.05, 3.63) is 0 Å². The Labute approximate surface area is 119 Å². The molecule has 0 aromatic heterocycles. The minimum absolute atomic E-state index is 0.648. The van der Waals surface area contributed by atoms with Gasteiger partial charge in [-0.2, -0.15) is 0 Å². The topological polar surface area (TPSA) is 9.72 Å². The monoisotopic (exact) mass is 267 g/mol. The molecule has 0 bridgehead atoms. The van der Waals surface area contributed by atoms with Gasteiger partial charge in [-0.05, 0) is 67.7 Å². The van der Waals surface area contributed by atoms with Crippen molar-refractivity contribution in [1.29, 1.82) is 0 Å². The van der Waals surface area contributed by atoms with E-state index < -0.39 is 0 Å². The third-order valence-electron chi connectivity index (χ3n) is 5.55. The van der Waals surface area contributed by atoms with Crippen LogP contribution in [0, 0.1) is 5.92 Å². The quantitative estimate of drug-likeness (QED) is 0.755. The van der Waals surface area contributed by atoms with Crippen LogP contribution in [0.25, 0.3) is 0 Å². The first-order valence-electron chi connectivity index (χ1n) is 8.04. The molecule has 0 aromatic carbocycles. The first-order chi connectivity index (χ1) is 8.91. The van der Waals surface area contributed by atoms with Crippen LogP contribution in [0.2, 0.25) is 0 Å². The maximum atomic E-state index is 2.64. The Bertz CT molecular complexity index is 288. The van der Waals surface area contributed by atoms with Crippen molar-refractivity contribution in [1.82, 2.24) is 14.7 Å². The molecule has 112 valence electrons. The molecule has 2 aliphatic rings. The van der Waals surface area contributed by atoms with Crippen molar-refractivity contribution in [3.8, 4) is 0 Å². The van der Waals surface area contributed by atoms with Crippen molar-refractivity contribution in [2.24, 2.45) is 5.92 Å². The lowest BCUT2D eigenvalue weighted by Gasteiger charge is -2.47. The van der Waals surface area contributed by atoms with Gasteiger partial charge in [-0.15, -0.1) is 0 Å². The first-order valence-corrected chi connectivity index (χ1v) is 8.04. The third-order valence-corrected chi connectivity index (χ3v) is 5.55. The van der Waals surface area contributed by atoms with E-state index in [9.17, 15) is 0 Å². The summed E-state index contributed by atoms with van der Waals surface area (Å²) in [6.45, 7) is 9.59. The SMILES string of the molecule is CC(C)N(C)C1CCN(C)CC1C(C)N(C)C1CC1. The van der Waals surface area contributed by atoms with Crippen LogP contribution in [0.4, 0.5) is 0 Å². The lowest BCUT2D eigenvalue weighted by atomic mass is 9.84. The van der Waals surface area contributed by atoms with Crippen molar-refractivity contribution in [2.75, 3.05) is 34.2 Å². The van der Waals surface area contributed by atoms with Crippen LogP contribution in [0.3, 0.4) is 0 Å². The highest BCUT2D eigenvalue weighted by Gasteiger charge is 2.39. The molecular formula is C16H33N3. The van der Waals surface area contributed by atoms with Crippen molar-refractivity contribution in [2.45, 2.75) is 64.2 Å². The molecule has 0 aromatic rings. The fraction of sp³-hybridized carbons (Fsp3) is 1.00. The van der Waals surface area contributed by atoms with E-state index in [1.54, 1.807) is 0 Å². The average Bonchev–Trinajstić information content (AvgIpc) is 3.20. The van der Waals surface area contributed by atoms with Gasteiger partial charge in [0.05, 0.1) is 0 Å². The van der Waals surface area contributed by atoms with Crippen LogP contribution in [0.5, 0.6) is 0 Å². The molecule has 0 amide bonds. The normalized spacial score (nSPS) is 31.4. The summed E-state index contributed by atoms with van der Waals surface area (Å²) in [5.41, 5.74) is 0. The van der Waals surface area contributed by atoms with E-state index in [1.165, 1.54) is 32.4 Å². The fourth-order valence-electron chi connectivity index (χ4n) is 3.62. The van der Waals surface area contributed by atoms with Gasteiger partial charge in [-0.1, -0.05) is 0 Å². The molecule has 3 heteroatoms. The zero-order chi connectivity index (χ0) is 14.2. The van der Waals surface area contributed by atoms with Crippen molar-refractivity contribution < 1.29 is 0 Å². The predicted octanol–water partition coefficient (Wildman–Crippen LogP) is 2.13. The summed E-state index contributed by atoms with van der Waals surface area (Å²) in [5, 5.41) is 0. The molecule has 1 aliphatic carbocycles. The zero-order valence-corrected chi connectivity index (χ0v) is 13.8. The number of nitrogens with zero attached hydrogens (tertiary/aromatic N) is 3. The van der Waals surface area contributed by atoms with Crippen LogP contribution in [0.1, 0.15) is 40.0 Å². The lowest BCUT2D eigenvalue weighted by Crippen LogP contribution is -2.56. The molecule has 3 unspecified atom stereocenters. The largest absolute Gasteiger partial charge is 0.306 e. The van der Waals surface area contributed by atoms with Gasteiger partial charge >= 0.3 is 0 Å². The molecule has 1 saturated carbocycles. The molecule has 3 atom stereocenters. The molecule has 1 saturated heterocycles. The first kappa shape index (κ1) is 15.3. The smallest absolute Gasteiger partial charge is 0.0162 e. The summed E-state index contributed by atoms with van der Waals surface area (Å²) in [6, 6.07) is 2.95. The number of likely N-dealkylation sites (tertiary alicyclic amines) is 1. The second kappa shape index (κ2) is 6.11. The summed E-state index contributed by atoms with van der Waals surface area (Å²) in [4.78, 5) is 7.77. The molecule has 19 heavy (non-hydrogen) atoms. The Balaban J connectivity index is 2.06. The van der Waals surface area contributed by atoms with Crippen LogP contribution >= 0.6 is 0 Å². The Morgan fingerprint density at radius 1 is 1.00 bits per heavy atom. The molecule has 1 heterocycles. The summed E-state index contributed by atoms with van der Waals surface area (Å²) in [7, 11) is 6.93. The molecular weight excluding hydrogens is 234 g/mol. The van der Waals surface area contributed by atoms with Gasteiger partial charge in [0, 0.05) is 36.6 Å². The second-order valence-corrected chi connectivity index (χ2v) is 7.18. The highest BCUT2D eigenvalue weighted by molar-refractivity contribution is 4.95. The maximum Gasteiger partial charge on any atom is 0.0162 e. The Kier molecular flexibility index (Phi) is 4.91. The Hall–Kier alpha value is -0.120. The number of piperidine rings is 1. The molecule has 1 aliphatic heterocycles. The van der Waals surface area contributed by atoms with Gasteiger partial charge in [0.1, 0.15) is 0 Å². The summed E-state index contributed by atoms with van der Waals surface area (Å²) < 4.78 is 0. The summed E-state index contributed by atoms with van der Waals surface area (Å²) >= 11 is 0. The minimum atomic E-state index is 0.648. The highest BCUT2D eigenvalue weighted by Crippen LogP contribution is 2.33. The molecule has 0 spiro atoms. The standard InChI is InChI=1S/C16H33N3/c1-12(2)18(5)16-9-10-17(4)11-15(16)13(3)19(6)14-7-8-14/h12-16H,7-11H2,1-6H3.